The van der Waals surface area contributed by atoms with E-state index in [9.17, 15) is 0 Å². The topological polar surface area (TPSA) is 36.6 Å². The highest BCUT2D eigenvalue weighted by Crippen LogP contribution is 2.16. The summed E-state index contributed by atoms with van der Waals surface area (Å²) < 4.78 is 5.50. The maximum atomic E-state index is 8.93. The van der Waals surface area contributed by atoms with E-state index in [0.717, 1.165) is 18.8 Å². The molecule has 3 heteroatoms. The summed E-state index contributed by atoms with van der Waals surface area (Å²) in [6.07, 6.45) is 0. The second-order valence-corrected chi connectivity index (χ2v) is 4.57. The Morgan fingerprint density at radius 1 is 1.25 bits per heavy atom. The van der Waals surface area contributed by atoms with Crippen LogP contribution in [0.25, 0.3) is 0 Å². The van der Waals surface area contributed by atoms with Gasteiger partial charge in [0.1, 0.15) is 18.1 Å². The van der Waals surface area contributed by atoms with E-state index in [4.69, 9.17) is 9.52 Å². The van der Waals surface area contributed by atoms with E-state index >= 15 is 0 Å². The summed E-state index contributed by atoms with van der Waals surface area (Å²) in [7, 11) is 0. The Morgan fingerprint density at radius 2 is 1.88 bits per heavy atom. The minimum absolute atomic E-state index is 0.0220. The normalized spacial score (nSPS) is 13.7. The van der Waals surface area contributed by atoms with Gasteiger partial charge in [0, 0.05) is 6.04 Å². The molecule has 0 fully saturated rings. The molecule has 0 saturated heterocycles. The Morgan fingerprint density at radius 3 is 2.31 bits per heavy atom. The highest BCUT2D eigenvalue weighted by Gasteiger charge is 2.17. The van der Waals surface area contributed by atoms with Gasteiger partial charge in [0.25, 0.3) is 0 Å². The van der Waals surface area contributed by atoms with E-state index in [-0.39, 0.29) is 6.61 Å². The molecule has 0 bridgehead atoms. The molecular formula is C13H23NO2. The molecule has 92 valence electrons. The van der Waals surface area contributed by atoms with Crippen molar-refractivity contribution in [1.82, 2.24) is 4.90 Å². The van der Waals surface area contributed by atoms with E-state index in [1.54, 1.807) is 0 Å². The number of rotatable bonds is 6. The number of aliphatic hydroxyl groups is 1. The first-order chi connectivity index (χ1) is 7.58. The Bertz CT molecular complexity index is 307. The van der Waals surface area contributed by atoms with Crippen LogP contribution in [-0.4, -0.2) is 22.6 Å². The van der Waals surface area contributed by atoms with Gasteiger partial charge in [-0.05, 0) is 31.5 Å². The predicted molar refractivity (Wildman–Crippen MR) is 65.0 cm³/mol. The van der Waals surface area contributed by atoms with Crippen LogP contribution >= 0.6 is 0 Å². The number of hydrogen-bond donors (Lipinski definition) is 1. The monoisotopic (exact) mass is 225 g/mol. The summed E-state index contributed by atoms with van der Waals surface area (Å²) in [6.45, 7) is 10.7. The lowest BCUT2D eigenvalue weighted by atomic mass is 10.0. The molecule has 0 aromatic carbocycles. The van der Waals surface area contributed by atoms with E-state index in [1.807, 2.05) is 12.1 Å². The average Bonchev–Trinajstić information content (AvgIpc) is 2.72. The molecule has 0 amide bonds. The van der Waals surface area contributed by atoms with Gasteiger partial charge in [0.05, 0.1) is 6.54 Å². The van der Waals surface area contributed by atoms with Gasteiger partial charge in [-0.1, -0.05) is 20.8 Å². The minimum atomic E-state index is -0.0220. The standard InChI is InChI=1S/C13H23NO2/c1-5-14(11(4)10(2)3)8-12-6-7-13(9-15)16-12/h6-7,10-11,15H,5,8-9H2,1-4H3. The number of aliphatic hydroxyl groups excluding tert-OH is 1. The Balaban J connectivity index is 2.62. The third kappa shape index (κ3) is 3.35. The van der Waals surface area contributed by atoms with Crippen LogP contribution in [0.15, 0.2) is 16.5 Å². The van der Waals surface area contributed by atoms with Crippen molar-refractivity contribution in [3.05, 3.63) is 23.7 Å². The fourth-order valence-corrected chi connectivity index (χ4v) is 1.76. The molecule has 0 aliphatic rings. The fourth-order valence-electron chi connectivity index (χ4n) is 1.76. The smallest absolute Gasteiger partial charge is 0.129 e. The zero-order valence-corrected chi connectivity index (χ0v) is 10.7. The van der Waals surface area contributed by atoms with E-state index in [0.29, 0.717) is 17.7 Å². The van der Waals surface area contributed by atoms with Crippen molar-refractivity contribution < 1.29 is 9.52 Å². The van der Waals surface area contributed by atoms with Crippen LogP contribution in [-0.2, 0) is 13.2 Å². The highest BCUT2D eigenvalue weighted by molar-refractivity contribution is 5.06. The SMILES string of the molecule is CCN(Cc1ccc(CO)o1)C(C)C(C)C. The lowest BCUT2D eigenvalue weighted by Crippen LogP contribution is -2.35. The molecule has 0 aliphatic carbocycles. The lowest BCUT2D eigenvalue weighted by molar-refractivity contribution is 0.153. The third-order valence-corrected chi connectivity index (χ3v) is 3.18. The molecule has 1 N–H and O–H groups in total. The largest absolute Gasteiger partial charge is 0.462 e. The lowest BCUT2D eigenvalue weighted by Gasteiger charge is -2.29. The van der Waals surface area contributed by atoms with Gasteiger partial charge >= 0.3 is 0 Å². The summed E-state index contributed by atoms with van der Waals surface area (Å²) in [5.74, 6) is 2.20. The minimum Gasteiger partial charge on any atom is -0.462 e. The first kappa shape index (κ1) is 13.3. The Hall–Kier alpha value is -0.800. The summed E-state index contributed by atoms with van der Waals surface area (Å²) >= 11 is 0. The molecule has 1 aromatic heterocycles. The van der Waals surface area contributed by atoms with Gasteiger partial charge in [-0.2, -0.15) is 0 Å². The molecule has 0 aliphatic heterocycles. The number of hydrogen-bond acceptors (Lipinski definition) is 3. The van der Waals surface area contributed by atoms with E-state index in [1.165, 1.54) is 0 Å². The first-order valence-corrected chi connectivity index (χ1v) is 6.01. The van der Waals surface area contributed by atoms with Crippen LogP contribution in [0.3, 0.4) is 0 Å². The highest BCUT2D eigenvalue weighted by atomic mass is 16.4. The Labute approximate surface area is 98.1 Å². The molecule has 3 nitrogen and oxygen atoms in total. The molecule has 0 saturated carbocycles. The van der Waals surface area contributed by atoms with Gasteiger partial charge < -0.3 is 9.52 Å². The van der Waals surface area contributed by atoms with Gasteiger partial charge in [0.15, 0.2) is 0 Å². The van der Waals surface area contributed by atoms with Gasteiger partial charge in [-0.25, -0.2) is 0 Å². The quantitative estimate of drug-likeness (QED) is 0.808. The molecule has 0 spiro atoms. The summed E-state index contributed by atoms with van der Waals surface area (Å²) in [5, 5.41) is 8.93. The van der Waals surface area contributed by atoms with E-state index < -0.39 is 0 Å². The molecule has 0 radical (unpaired) electrons. The number of nitrogens with zero attached hydrogens (tertiary/aromatic N) is 1. The molecular weight excluding hydrogens is 202 g/mol. The van der Waals surface area contributed by atoms with Crippen molar-refractivity contribution in [1.29, 1.82) is 0 Å². The van der Waals surface area contributed by atoms with Crippen molar-refractivity contribution in [2.75, 3.05) is 6.54 Å². The maximum absolute atomic E-state index is 8.93. The maximum Gasteiger partial charge on any atom is 0.129 e. The van der Waals surface area contributed by atoms with Crippen molar-refractivity contribution in [3.8, 4) is 0 Å². The van der Waals surface area contributed by atoms with Crippen LogP contribution in [0.5, 0.6) is 0 Å². The predicted octanol–water partition coefficient (Wildman–Crippen LogP) is 2.64. The van der Waals surface area contributed by atoms with Gasteiger partial charge in [0.2, 0.25) is 0 Å². The molecule has 1 unspecified atom stereocenters. The summed E-state index contributed by atoms with van der Waals surface area (Å²) in [4.78, 5) is 2.38. The van der Waals surface area contributed by atoms with Crippen LogP contribution in [0, 0.1) is 5.92 Å². The summed E-state index contributed by atoms with van der Waals surface area (Å²) in [5.41, 5.74) is 0. The van der Waals surface area contributed by atoms with Gasteiger partial charge in [-0.3, -0.25) is 4.90 Å². The molecule has 1 rings (SSSR count). The first-order valence-electron chi connectivity index (χ1n) is 6.01. The second kappa shape index (κ2) is 6.06. The van der Waals surface area contributed by atoms with E-state index in [2.05, 4.69) is 32.6 Å². The molecule has 1 aromatic rings. The zero-order valence-electron chi connectivity index (χ0n) is 10.7. The van der Waals surface area contributed by atoms with Crippen LogP contribution in [0.2, 0.25) is 0 Å². The fraction of sp³-hybridized carbons (Fsp3) is 0.692. The zero-order chi connectivity index (χ0) is 12.1. The second-order valence-electron chi connectivity index (χ2n) is 4.57. The van der Waals surface area contributed by atoms with Crippen LogP contribution < -0.4 is 0 Å². The van der Waals surface area contributed by atoms with Crippen molar-refractivity contribution >= 4 is 0 Å². The molecule has 1 atom stereocenters. The van der Waals surface area contributed by atoms with Crippen molar-refractivity contribution in [2.24, 2.45) is 5.92 Å². The number of furan rings is 1. The van der Waals surface area contributed by atoms with Crippen molar-refractivity contribution in [3.63, 3.8) is 0 Å². The molecule has 16 heavy (non-hydrogen) atoms. The average molecular weight is 225 g/mol. The molecule has 1 heterocycles. The van der Waals surface area contributed by atoms with Gasteiger partial charge in [-0.15, -0.1) is 0 Å². The Kier molecular flexibility index (Phi) is 5.03. The summed E-state index contributed by atoms with van der Waals surface area (Å²) in [6, 6.07) is 4.32. The van der Waals surface area contributed by atoms with Crippen LogP contribution in [0.1, 0.15) is 39.2 Å². The van der Waals surface area contributed by atoms with Crippen LogP contribution in [0.4, 0.5) is 0 Å². The third-order valence-electron chi connectivity index (χ3n) is 3.18. The van der Waals surface area contributed by atoms with Crippen molar-refractivity contribution in [2.45, 2.75) is 46.9 Å².